The second kappa shape index (κ2) is 11.7. The van der Waals surface area contributed by atoms with Gasteiger partial charge < -0.3 is 19.5 Å². The Kier molecular flexibility index (Phi) is 8.69. The number of nitrogens with one attached hydrogen (secondary N) is 1. The largest absolute Gasteiger partial charge is 0.497 e. The molecule has 0 aliphatic rings. The molecule has 37 heavy (non-hydrogen) atoms. The van der Waals surface area contributed by atoms with E-state index in [0.29, 0.717) is 29.2 Å². The Balaban J connectivity index is 0.000000695. The van der Waals surface area contributed by atoms with E-state index in [2.05, 4.69) is 15.4 Å². The van der Waals surface area contributed by atoms with Gasteiger partial charge in [0.2, 0.25) is 5.91 Å². The minimum absolute atomic E-state index is 0.151. The number of amides is 1. The zero-order valence-electron chi connectivity index (χ0n) is 21.0. The number of fused-ring (bicyclic) bond motifs is 1. The minimum Gasteiger partial charge on any atom is -0.497 e. The van der Waals surface area contributed by atoms with Crippen molar-refractivity contribution in [1.29, 1.82) is 0 Å². The molecule has 0 saturated heterocycles. The van der Waals surface area contributed by atoms with Crippen molar-refractivity contribution in [3.63, 3.8) is 0 Å². The van der Waals surface area contributed by atoms with Crippen LogP contribution in [0.1, 0.15) is 11.3 Å². The monoisotopic (exact) mass is 528 g/mol. The summed E-state index contributed by atoms with van der Waals surface area (Å²) in [5.74, 6) is 2.41. The molecule has 1 amide bonds. The number of nitrogens with zero attached hydrogens (tertiary/aromatic N) is 3. The van der Waals surface area contributed by atoms with Crippen molar-refractivity contribution in [3.8, 4) is 23.0 Å². The zero-order chi connectivity index (χ0) is 27.2. The summed E-state index contributed by atoms with van der Waals surface area (Å²) in [5.41, 5.74) is 2.98. The number of carbonyl (C=O) groups is 1. The maximum absolute atomic E-state index is 12.5. The number of anilines is 1. The van der Waals surface area contributed by atoms with E-state index < -0.39 is 10.1 Å². The van der Waals surface area contributed by atoms with Crippen LogP contribution in [0.2, 0.25) is 0 Å². The maximum atomic E-state index is 12.5. The summed E-state index contributed by atoms with van der Waals surface area (Å²) in [5, 5.41) is 7.99. The van der Waals surface area contributed by atoms with Gasteiger partial charge in [-0.1, -0.05) is 6.07 Å². The van der Waals surface area contributed by atoms with Crippen molar-refractivity contribution in [2.45, 2.75) is 13.3 Å². The number of rotatable bonds is 7. The number of hydrogen-bond acceptors (Lipinski definition) is 8. The van der Waals surface area contributed by atoms with Gasteiger partial charge in [0, 0.05) is 42.5 Å². The lowest BCUT2D eigenvalue weighted by Gasteiger charge is -2.13. The lowest BCUT2D eigenvalue weighted by molar-refractivity contribution is -0.115. The summed E-state index contributed by atoms with van der Waals surface area (Å²) in [6.45, 7) is 1.85. The molecule has 2 aromatic heterocycles. The topological polar surface area (TPSA) is 142 Å². The van der Waals surface area contributed by atoms with Gasteiger partial charge in [0.15, 0.2) is 0 Å². The van der Waals surface area contributed by atoms with E-state index in [1.165, 1.54) is 0 Å². The summed E-state index contributed by atoms with van der Waals surface area (Å²) in [6.07, 6.45) is 4.34. The average molecular weight is 529 g/mol. The molecule has 0 radical (unpaired) electrons. The van der Waals surface area contributed by atoms with Crippen LogP contribution in [0.3, 0.4) is 0 Å². The molecule has 11 nitrogen and oxygen atoms in total. The van der Waals surface area contributed by atoms with Crippen molar-refractivity contribution < 1.29 is 32.0 Å². The number of pyridine rings is 1. The van der Waals surface area contributed by atoms with Gasteiger partial charge in [-0.25, -0.2) is 0 Å². The lowest BCUT2D eigenvalue weighted by Crippen LogP contribution is -2.15. The number of aryl methyl sites for hydroxylation is 2. The Labute approximate surface area is 214 Å². The van der Waals surface area contributed by atoms with E-state index in [0.717, 1.165) is 27.9 Å². The fourth-order valence-corrected chi connectivity index (χ4v) is 3.47. The quantitative estimate of drug-likeness (QED) is 0.343. The van der Waals surface area contributed by atoms with Gasteiger partial charge in [-0.15, -0.1) is 0 Å². The smallest absolute Gasteiger partial charge is 0.261 e. The van der Waals surface area contributed by atoms with Crippen molar-refractivity contribution in [2.75, 3.05) is 25.8 Å². The second-order valence-electron chi connectivity index (χ2n) is 8.03. The third-order valence-electron chi connectivity index (χ3n) is 5.03. The van der Waals surface area contributed by atoms with Crippen molar-refractivity contribution >= 4 is 32.6 Å². The number of methoxy groups -OCH3 is 2. The highest BCUT2D eigenvalue weighted by atomic mass is 32.2. The van der Waals surface area contributed by atoms with Gasteiger partial charge in [0.05, 0.1) is 43.8 Å². The standard InChI is InChI=1S/C24H24N4O4.CH4O3S/c1-15-21(14-28(2)27-15)26-24(29)11-16-5-6-18(13-23(16)31-4)32-22-9-10-25-20-12-17(30-3)7-8-19(20)22;1-5(2,3)4/h5-10,12-14H,11H2,1-4H3,(H,26,29);1H3,(H,2,3,4). The number of ether oxygens (including phenoxy) is 3. The first-order chi connectivity index (χ1) is 17.5. The number of benzene rings is 2. The summed E-state index contributed by atoms with van der Waals surface area (Å²) < 4.78 is 44.4. The lowest BCUT2D eigenvalue weighted by atomic mass is 10.1. The Morgan fingerprint density at radius 3 is 2.38 bits per heavy atom. The Bertz CT molecular complexity index is 1510. The maximum Gasteiger partial charge on any atom is 0.261 e. The van der Waals surface area contributed by atoms with Crippen molar-refractivity contribution in [2.24, 2.45) is 7.05 Å². The average Bonchev–Trinajstić information content (AvgIpc) is 3.14. The molecule has 2 heterocycles. The van der Waals surface area contributed by atoms with Crippen LogP contribution in [-0.2, 0) is 28.4 Å². The predicted octanol–water partition coefficient (Wildman–Crippen LogP) is 3.77. The predicted molar refractivity (Wildman–Crippen MR) is 139 cm³/mol. The summed E-state index contributed by atoms with van der Waals surface area (Å²) in [7, 11) is 1.33. The first-order valence-electron chi connectivity index (χ1n) is 11.0. The molecule has 2 N–H and O–H groups in total. The van der Waals surface area contributed by atoms with Crippen LogP contribution in [-0.4, -0.2) is 54.1 Å². The normalized spacial score (nSPS) is 10.9. The SMILES string of the molecule is COc1ccc2c(Oc3ccc(CC(=O)Nc4cn(C)nc4C)c(OC)c3)ccnc2c1.CS(=O)(=O)O. The Hall–Kier alpha value is -4.16. The van der Waals surface area contributed by atoms with Crippen LogP contribution in [0.15, 0.2) is 54.9 Å². The van der Waals surface area contributed by atoms with Gasteiger partial charge in [0.1, 0.15) is 23.0 Å². The van der Waals surface area contributed by atoms with Gasteiger partial charge in [0.25, 0.3) is 10.1 Å². The number of hydrogen-bond donors (Lipinski definition) is 2. The molecule has 0 aliphatic carbocycles. The highest BCUT2D eigenvalue weighted by Crippen LogP contribution is 2.33. The number of carbonyl (C=O) groups excluding carboxylic acids is 1. The Morgan fingerprint density at radius 2 is 1.76 bits per heavy atom. The summed E-state index contributed by atoms with van der Waals surface area (Å²) in [4.78, 5) is 16.9. The van der Waals surface area contributed by atoms with Gasteiger partial charge in [-0.2, -0.15) is 13.5 Å². The highest BCUT2D eigenvalue weighted by Gasteiger charge is 2.14. The molecular formula is C25H28N4O7S. The van der Waals surface area contributed by atoms with E-state index in [9.17, 15) is 13.2 Å². The molecule has 0 saturated carbocycles. The molecular weight excluding hydrogens is 500 g/mol. The zero-order valence-corrected chi connectivity index (χ0v) is 21.9. The van der Waals surface area contributed by atoms with Crippen LogP contribution in [0.4, 0.5) is 5.69 Å². The van der Waals surface area contributed by atoms with E-state index >= 15 is 0 Å². The van der Waals surface area contributed by atoms with Crippen LogP contribution < -0.4 is 19.5 Å². The molecule has 196 valence electrons. The molecule has 12 heteroatoms. The van der Waals surface area contributed by atoms with Gasteiger partial charge in [-0.3, -0.25) is 19.0 Å². The first kappa shape index (κ1) is 27.4. The van der Waals surface area contributed by atoms with E-state index in [1.807, 2.05) is 44.3 Å². The van der Waals surface area contributed by atoms with E-state index in [1.54, 1.807) is 43.4 Å². The molecule has 0 aliphatic heterocycles. The molecule has 0 atom stereocenters. The third kappa shape index (κ3) is 7.92. The van der Waals surface area contributed by atoms with Crippen LogP contribution in [0.5, 0.6) is 23.0 Å². The fraction of sp³-hybridized carbons (Fsp3) is 0.240. The summed E-state index contributed by atoms with van der Waals surface area (Å²) in [6, 6.07) is 12.9. The third-order valence-corrected chi connectivity index (χ3v) is 5.03. The number of aromatic nitrogens is 3. The van der Waals surface area contributed by atoms with Crippen LogP contribution in [0, 0.1) is 6.92 Å². The van der Waals surface area contributed by atoms with Gasteiger partial charge in [-0.05, 0) is 31.2 Å². The van der Waals surface area contributed by atoms with E-state index in [-0.39, 0.29) is 12.3 Å². The molecule has 0 unspecified atom stereocenters. The van der Waals surface area contributed by atoms with Crippen molar-refractivity contribution in [3.05, 3.63) is 66.1 Å². The molecule has 0 fully saturated rings. The highest BCUT2D eigenvalue weighted by molar-refractivity contribution is 7.85. The fourth-order valence-electron chi connectivity index (χ4n) is 3.47. The van der Waals surface area contributed by atoms with Crippen molar-refractivity contribution in [1.82, 2.24) is 14.8 Å². The van der Waals surface area contributed by atoms with Crippen LogP contribution in [0.25, 0.3) is 10.9 Å². The minimum atomic E-state index is -3.67. The Morgan fingerprint density at radius 1 is 1.05 bits per heavy atom. The van der Waals surface area contributed by atoms with Crippen LogP contribution >= 0.6 is 0 Å². The molecule has 4 aromatic rings. The molecule has 0 bridgehead atoms. The van der Waals surface area contributed by atoms with E-state index in [4.69, 9.17) is 18.8 Å². The summed E-state index contributed by atoms with van der Waals surface area (Å²) >= 11 is 0. The molecule has 2 aromatic carbocycles. The first-order valence-corrected chi connectivity index (χ1v) is 12.8. The molecule has 4 rings (SSSR count). The van der Waals surface area contributed by atoms with Gasteiger partial charge >= 0.3 is 0 Å². The molecule has 0 spiro atoms. The second-order valence-corrected chi connectivity index (χ2v) is 9.49.